The number of carbonyl (C=O) groups excluding carboxylic acids is 1. The minimum absolute atomic E-state index is 0.0386. The van der Waals surface area contributed by atoms with Gasteiger partial charge in [-0.25, -0.2) is 0 Å². The smallest absolute Gasteiger partial charge is 0.243 e. The van der Waals surface area contributed by atoms with Gasteiger partial charge in [0.25, 0.3) is 0 Å². The van der Waals surface area contributed by atoms with Crippen molar-refractivity contribution in [3.8, 4) is 0 Å². The molecule has 1 fully saturated rings. The number of nitrogens with zero attached hydrogens (tertiary/aromatic N) is 2. The topological polar surface area (TPSA) is 44.8 Å². The number of aryl methyl sites for hydroxylation is 1. The van der Waals surface area contributed by atoms with Crippen molar-refractivity contribution in [1.29, 1.82) is 0 Å². The van der Waals surface area contributed by atoms with Crippen molar-refractivity contribution < 1.29 is 9.53 Å². The second-order valence-electron chi connectivity index (χ2n) is 8.70. The van der Waals surface area contributed by atoms with Crippen LogP contribution in [0, 0.1) is 0 Å². The Morgan fingerprint density at radius 1 is 1.07 bits per heavy atom. The van der Waals surface area contributed by atoms with Gasteiger partial charge in [-0.15, -0.1) is 0 Å². The number of ether oxygens (including phenoxy) is 1. The summed E-state index contributed by atoms with van der Waals surface area (Å²) in [7, 11) is 0. The fraction of sp³-hybridized carbons (Fsp3) is 0.480. The summed E-state index contributed by atoms with van der Waals surface area (Å²) in [6, 6.07) is 14.9. The monoisotopic (exact) mass is 407 g/mol. The Kier molecular flexibility index (Phi) is 6.70. The number of anilines is 2. The molecule has 1 amide bonds. The van der Waals surface area contributed by atoms with Crippen LogP contribution in [-0.4, -0.2) is 50.2 Å². The SMILES string of the molecule is CC(C)c1ccc2c(c1)CCCN2CC(=O)Nc1ccc(CN2CCOCC2)cc1. The third kappa shape index (κ3) is 5.21. The van der Waals surface area contributed by atoms with Gasteiger partial charge in [0.1, 0.15) is 0 Å². The van der Waals surface area contributed by atoms with Gasteiger partial charge in [0, 0.05) is 37.6 Å². The highest BCUT2D eigenvalue weighted by atomic mass is 16.5. The van der Waals surface area contributed by atoms with E-state index in [1.54, 1.807) is 0 Å². The summed E-state index contributed by atoms with van der Waals surface area (Å²) < 4.78 is 5.41. The zero-order valence-corrected chi connectivity index (χ0v) is 18.2. The second kappa shape index (κ2) is 9.63. The molecule has 0 unspecified atom stereocenters. The van der Waals surface area contributed by atoms with Gasteiger partial charge < -0.3 is 15.0 Å². The van der Waals surface area contributed by atoms with E-state index in [-0.39, 0.29) is 5.91 Å². The van der Waals surface area contributed by atoms with Gasteiger partial charge in [0.15, 0.2) is 0 Å². The average Bonchev–Trinajstić information content (AvgIpc) is 2.75. The van der Waals surface area contributed by atoms with E-state index in [0.29, 0.717) is 12.5 Å². The van der Waals surface area contributed by atoms with Crippen molar-refractivity contribution in [2.45, 2.75) is 39.2 Å². The van der Waals surface area contributed by atoms with Crippen LogP contribution in [0.1, 0.15) is 42.9 Å². The number of morpholine rings is 1. The molecule has 2 aliphatic rings. The number of amides is 1. The lowest BCUT2D eigenvalue weighted by molar-refractivity contribution is -0.115. The summed E-state index contributed by atoms with van der Waals surface area (Å²) in [4.78, 5) is 17.3. The third-order valence-electron chi connectivity index (χ3n) is 6.07. The number of hydrogen-bond acceptors (Lipinski definition) is 4. The molecule has 2 aromatic rings. The number of benzene rings is 2. The minimum atomic E-state index is 0.0386. The van der Waals surface area contributed by atoms with Crippen molar-refractivity contribution in [2.24, 2.45) is 0 Å². The minimum Gasteiger partial charge on any atom is -0.379 e. The van der Waals surface area contributed by atoms with E-state index < -0.39 is 0 Å². The van der Waals surface area contributed by atoms with Crippen LogP contribution >= 0.6 is 0 Å². The molecule has 1 saturated heterocycles. The molecule has 2 aromatic carbocycles. The van der Waals surface area contributed by atoms with Gasteiger partial charge in [0.05, 0.1) is 19.8 Å². The van der Waals surface area contributed by atoms with E-state index in [1.165, 1.54) is 22.4 Å². The quantitative estimate of drug-likeness (QED) is 0.785. The first-order valence-corrected chi connectivity index (χ1v) is 11.1. The Hall–Kier alpha value is -2.37. The molecular weight excluding hydrogens is 374 g/mol. The van der Waals surface area contributed by atoms with Gasteiger partial charge in [-0.05, 0) is 53.6 Å². The van der Waals surface area contributed by atoms with Crippen molar-refractivity contribution >= 4 is 17.3 Å². The molecule has 2 aliphatic heterocycles. The normalized spacial score (nSPS) is 17.1. The van der Waals surface area contributed by atoms with Gasteiger partial charge in [0.2, 0.25) is 5.91 Å². The lowest BCUT2D eigenvalue weighted by atomic mass is 9.95. The van der Waals surface area contributed by atoms with Crippen molar-refractivity contribution in [1.82, 2.24) is 4.90 Å². The molecule has 0 spiro atoms. The lowest BCUT2D eigenvalue weighted by Crippen LogP contribution is -2.36. The maximum Gasteiger partial charge on any atom is 0.243 e. The molecule has 5 heteroatoms. The van der Waals surface area contributed by atoms with Crippen LogP contribution in [0.2, 0.25) is 0 Å². The number of nitrogens with one attached hydrogen (secondary N) is 1. The molecule has 4 rings (SSSR count). The van der Waals surface area contributed by atoms with E-state index in [9.17, 15) is 4.79 Å². The molecule has 2 heterocycles. The van der Waals surface area contributed by atoms with E-state index >= 15 is 0 Å². The van der Waals surface area contributed by atoms with Gasteiger partial charge in [-0.3, -0.25) is 9.69 Å². The molecule has 0 radical (unpaired) electrons. The zero-order chi connectivity index (χ0) is 20.9. The van der Waals surface area contributed by atoms with Crippen LogP contribution < -0.4 is 10.2 Å². The van der Waals surface area contributed by atoms with Crippen LogP contribution in [0.3, 0.4) is 0 Å². The summed E-state index contributed by atoms with van der Waals surface area (Å²) >= 11 is 0. The molecule has 0 aromatic heterocycles. The third-order valence-corrected chi connectivity index (χ3v) is 6.07. The van der Waals surface area contributed by atoms with E-state index in [2.05, 4.69) is 59.3 Å². The number of carbonyl (C=O) groups is 1. The highest BCUT2D eigenvalue weighted by molar-refractivity contribution is 5.94. The average molecular weight is 408 g/mol. The predicted molar refractivity (Wildman–Crippen MR) is 122 cm³/mol. The van der Waals surface area contributed by atoms with E-state index in [4.69, 9.17) is 4.74 Å². The fourth-order valence-corrected chi connectivity index (χ4v) is 4.30. The molecule has 1 N–H and O–H groups in total. The zero-order valence-electron chi connectivity index (χ0n) is 18.2. The number of fused-ring (bicyclic) bond motifs is 1. The highest BCUT2D eigenvalue weighted by Crippen LogP contribution is 2.30. The van der Waals surface area contributed by atoms with Crippen LogP contribution in [0.15, 0.2) is 42.5 Å². The van der Waals surface area contributed by atoms with Crippen molar-refractivity contribution in [3.63, 3.8) is 0 Å². The van der Waals surface area contributed by atoms with Gasteiger partial charge in [-0.2, -0.15) is 0 Å². The summed E-state index contributed by atoms with van der Waals surface area (Å²) in [5.41, 5.74) is 6.07. The van der Waals surface area contributed by atoms with Crippen LogP contribution in [0.5, 0.6) is 0 Å². The van der Waals surface area contributed by atoms with Crippen LogP contribution in [0.25, 0.3) is 0 Å². The van der Waals surface area contributed by atoms with Crippen LogP contribution in [-0.2, 0) is 22.5 Å². The molecule has 30 heavy (non-hydrogen) atoms. The number of rotatable bonds is 6. The lowest BCUT2D eigenvalue weighted by Gasteiger charge is -2.31. The van der Waals surface area contributed by atoms with Crippen molar-refractivity contribution in [2.75, 3.05) is 49.6 Å². The Labute approximate surface area is 180 Å². The Bertz CT molecular complexity index is 857. The Morgan fingerprint density at radius 2 is 1.83 bits per heavy atom. The molecule has 0 atom stereocenters. The Balaban J connectivity index is 1.34. The highest BCUT2D eigenvalue weighted by Gasteiger charge is 2.20. The summed E-state index contributed by atoms with van der Waals surface area (Å²) in [6.45, 7) is 10.3. The second-order valence-corrected chi connectivity index (χ2v) is 8.70. The van der Waals surface area contributed by atoms with Crippen molar-refractivity contribution in [3.05, 3.63) is 59.2 Å². The van der Waals surface area contributed by atoms with E-state index in [0.717, 1.165) is 57.9 Å². The first-order chi connectivity index (χ1) is 14.6. The predicted octanol–water partition coefficient (Wildman–Crippen LogP) is 4.03. The Morgan fingerprint density at radius 3 is 2.57 bits per heavy atom. The summed E-state index contributed by atoms with van der Waals surface area (Å²) in [5.74, 6) is 0.567. The standard InChI is InChI=1S/C25H33N3O2/c1-19(2)21-7-10-24-22(16-21)4-3-11-28(24)18-25(29)26-23-8-5-20(6-9-23)17-27-12-14-30-15-13-27/h5-10,16,19H,3-4,11-15,17-18H2,1-2H3,(H,26,29). The molecular formula is C25H33N3O2. The molecule has 0 bridgehead atoms. The fourth-order valence-electron chi connectivity index (χ4n) is 4.30. The maximum absolute atomic E-state index is 12.7. The summed E-state index contributed by atoms with van der Waals surface area (Å²) in [6.07, 6.45) is 2.19. The molecule has 0 saturated carbocycles. The van der Waals surface area contributed by atoms with Crippen LogP contribution in [0.4, 0.5) is 11.4 Å². The van der Waals surface area contributed by atoms with E-state index in [1.807, 2.05) is 12.1 Å². The number of hydrogen-bond donors (Lipinski definition) is 1. The first kappa shape index (κ1) is 20.9. The molecule has 5 nitrogen and oxygen atoms in total. The maximum atomic E-state index is 12.7. The molecule has 0 aliphatic carbocycles. The summed E-state index contributed by atoms with van der Waals surface area (Å²) in [5, 5.41) is 3.07. The van der Waals surface area contributed by atoms with Gasteiger partial charge >= 0.3 is 0 Å². The molecule has 160 valence electrons. The first-order valence-electron chi connectivity index (χ1n) is 11.1. The largest absolute Gasteiger partial charge is 0.379 e. The van der Waals surface area contributed by atoms with Gasteiger partial charge in [-0.1, -0.05) is 38.1 Å².